The van der Waals surface area contributed by atoms with Crippen LogP contribution in [0.4, 0.5) is 5.69 Å². The van der Waals surface area contributed by atoms with Crippen molar-refractivity contribution in [1.29, 1.82) is 0 Å². The average molecular weight is 356 g/mol. The van der Waals surface area contributed by atoms with Gasteiger partial charge in [0.15, 0.2) is 0 Å². The second-order valence-electron chi connectivity index (χ2n) is 7.17. The third-order valence-electron chi connectivity index (χ3n) is 5.50. The maximum absolute atomic E-state index is 13.0. The van der Waals surface area contributed by atoms with Crippen molar-refractivity contribution >= 4 is 11.6 Å². The van der Waals surface area contributed by atoms with Crippen molar-refractivity contribution in [2.75, 3.05) is 11.4 Å². The normalized spacial score (nSPS) is 18.0. The molecule has 1 atom stereocenters. The van der Waals surface area contributed by atoms with Crippen molar-refractivity contribution < 1.29 is 9.53 Å². The Balaban J connectivity index is 1.39. The van der Waals surface area contributed by atoms with Crippen LogP contribution in [0.3, 0.4) is 0 Å². The molecule has 4 heteroatoms. The van der Waals surface area contributed by atoms with Crippen LogP contribution >= 0.6 is 0 Å². The summed E-state index contributed by atoms with van der Waals surface area (Å²) in [5.74, 6) is 1.10. The highest BCUT2D eigenvalue weighted by molar-refractivity contribution is 5.97. The first-order chi connectivity index (χ1) is 13.3. The number of rotatable bonds is 3. The number of hydrogen-bond acceptors (Lipinski definition) is 3. The summed E-state index contributed by atoms with van der Waals surface area (Å²) in [6, 6.07) is 18.5. The highest BCUT2D eigenvalue weighted by atomic mass is 16.5. The number of amides is 1. The van der Waals surface area contributed by atoms with Gasteiger partial charge in [-0.1, -0.05) is 36.4 Å². The summed E-state index contributed by atoms with van der Waals surface area (Å²) in [4.78, 5) is 19.0. The average Bonchev–Trinajstić information content (AvgIpc) is 3.08. The lowest BCUT2D eigenvalue weighted by Crippen LogP contribution is -2.28. The van der Waals surface area contributed by atoms with Crippen LogP contribution in [0.5, 0.6) is 5.75 Å². The lowest BCUT2D eigenvalue weighted by molar-refractivity contribution is -0.120. The SMILES string of the molecule is O=C1C(Cc2ccccc2)CCN1c1ccc2c(c1)COc1cnccc1-2. The minimum Gasteiger partial charge on any atom is -0.487 e. The molecule has 1 saturated heterocycles. The van der Waals surface area contributed by atoms with Gasteiger partial charge in [0.05, 0.1) is 6.20 Å². The number of nitrogens with zero attached hydrogens (tertiary/aromatic N) is 2. The van der Waals surface area contributed by atoms with Gasteiger partial charge in [0, 0.05) is 29.9 Å². The minimum atomic E-state index is 0.0616. The Kier molecular flexibility index (Phi) is 3.89. The second kappa shape index (κ2) is 6.54. The number of pyridine rings is 1. The van der Waals surface area contributed by atoms with E-state index < -0.39 is 0 Å². The molecular formula is C23H20N2O2. The Morgan fingerprint density at radius 2 is 1.96 bits per heavy atom. The molecule has 1 aromatic heterocycles. The van der Waals surface area contributed by atoms with Gasteiger partial charge >= 0.3 is 0 Å². The van der Waals surface area contributed by atoms with E-state index in [0.29, 0.717) is 6.61 Å². The Morgan fingerprint density at radius 1 is 1.07 bits per heavy atom. The molecule has 2 aliphatic rings. The zero-order valence-corrected chi connectivity index (χ0v) is 15.0. The van der Waals surface area contributed by atoms with Crippen LogP contribution in [0.1, 0.15) is 17.5 Å². The van der Waals surface area contributed by atoms with Gasteiger partial charge in [-0.3, -0.25) is 9.78 Å². The molecule has 0 bridgehead atoms. The number of carbonyl (C=O) groups is 1. The quantitative estimate of drug-likeness (QED) is 0.705. The van der Waals surface area contributed by atoms with Crippen LogP contribution in [-0.2, 0) is 17.8 Å². The Bertz CT molecular complexity index is 1000. The van der Waals surface area contributed by atoms with Crippen LogP contribution in [0.25, 0.3) is 11.1 Å². The number of carbonyl (C=O) groups excluding carboxylic acids is 1. The highest BCUT2D eigenvalue weighted by Crippen LogP contribution is 2.39. The molecular weight excluding hydrogens is 336 g/mol. The van der Waals surface area contributed by atoms with Crippen LogP contribution < -0.4 is 9.64 Å². The van der Waals surface area contributed by atoms with Gasteiger partial charge in [-0.05, 0) is 47.7 Å². The van der Waals surface area contributed by atoms with E-state index in [9.17, 15) is 4.79 Å². The molecule has 0 N–H and O–H groups in total. The van der Waals surface area contributed by atoms with Crippen molar-refractivity contribution in [3.63, 3.8) is 0 Å². The fourth-order valence-corrected chi connectivity index (χ4v) is 4.09. The first-order valence-electron chi connectivity index (χ1n) is 9.35. The lowest BCUT2D eigenvalue weighted by atomic mass is 9.97. The summed E-state index contributed by atoms with van der Waals surface area (Å²) < 4.78 is 5.83. The molecule has 1 amide bonds. The molecule has 2 aromatic carbocycles. The van der Waals surface area contributed by atoms with Gasteiger partial charge in [-0.25, -0.2) is 0 Å². The summed E-state index contributed by atoms with van der Waals surface area (Å²) >= 11 is 0. The molecule has 5 rings (SSSR count). The number of aromatic nitrogens is 1. The summed E-state index contributed by atoms with van der Waals surface area (Å²) in [5.41, 5.74) is 5.53. The van der Waals surface area contributed by atoms with Gasteiger partial charge in [0.2, 0.25) is 5.91 Å². The van der Waals surface area contributed by atoms with Gasteiger partial charge in [-0.15, -0.1) is 0 Å². The predicted molar refractivity (Wildman–Crippen MR) is 105 cm³/mol. The second-order valence-corrected chi connectivity index (χ2v) is 7.17. The number of ether oxygens (including phenoxy) is 1. The lowest BCUT2D eigenvalue weighted by Gasteiger charge is -2.23. The summed E-state index contributed by atoms with van der Waals surface area (Å²) in [7, 11) is 0. The van der Waals surface area contributed by atoms with E-state index >= 15 is 0 Å². The van der Waals surface area contributed by atoms with Crippen LogP contribution in [0, 0.1) is 5.92 Å². The van der Waals surface area contributed by atoms with Crippen molar-refractivity contribution in [1.82, 2.24) is 4.98 Å². The summed E-state index contributed by atoms with van der Waals surface area (Å²) in [6.07, 6.45) is 5.24. The first kappa shape index (κ1) is 16.1. The van der Waals surface area contributed by atoms with E-state index in [1.165, 1.54) is 5.56 Å². The van der Waals surface area contributed by atoms with Crippen LogP contribution in [0.2, 0.25) is 0 Å². The maximum Gasteiger partial charge on any atom is 0.230 e. The van der Waals surface area contributed by atoms with Gasteiger partial charge < -0.3 is 9.64 Å². The molecule has 1 unspecified atom stereocenters. The van der Waals surface area contributed by atoms with E-state index in [2.05, 4.69) is 35.3 Å². The van der Waals surface area contributed by atoms with E-state index in [1.807, 2.05) is 29.2 Å². The largest absolute Gasteiger partial charge is 0.487 e. The summed E-state index contributed by atoms with van der Waals surface area (Å²) in [5, 5.41) is 0. The zero-order valence-electron chi connectivity index (χ0n) is 15.0. The van der Waals surface area contributed by atoms with Crippen molar-refractivity contribution in [3.05, 3.63) is 78.1 Å². The third-order valence-corrected chi connectivity index (χ3v) is 5.50. The molecule has 1 fully saturated rings. The first-order valence-corrected chi connectivity index (χ1v) is 9.35. The fourth-order valence-electron chi connectivity index (χ4n) is 4.09. The Morgan fingerprint density at radius 3 is 2.85 bits per heavy atom. The van der Waals surface area contributed by atoms with E-state index in [-0.39, 0.29) is 11.8 Å². The molecule has 27 heavy (non-hydrogen) atoms. The molecule has 0 radical (unpaired) electrons. The predicted octanol–water partition coefficient (Wildman–Crippen LogP) is 4.24. The minimum absolute atomic E-state index is 0.0616. The fraction of sp³-hybridized carbons (Fsp3) is 0.217. The Labute approximate surface area is 158 Å². The zero-order chi connectivity index (χ0) is 18.2. The summed E-state index contributed by atoms with van der Waals surface area (Å²) in [6.45, 7) is 1.29. The van der Waals surface area contributed by atoms with Crippen LogP contribution in [-0.4, -0.2) is 17.4 Å². The van der Waals surface area contributed by atoms with Crippen molar-refractivity contribution in [2.24, 2.45) is 5.92 Å². The number of anilines is 1. The molecule has 2 aliphatic heterocycles. The van der Waals surface area contributed by atoms with Crippen molar-refractivity contribution in [3.8, 4) is 16.9 Å². The molecule has 0 saturated carbocycles. The van der Waals surface area contributed by atoms with Gasteiger partial charge in [0.1, 0.15) is 12.4 Å². The molecule has 134 valence electrons. The van der Waals surface area contributed by atoms with E-state index in [1.54, 1.807) is 12.4 Å². The molecule has 0 spiro atoms. The van der Waals surface area contributed by atoms with Gasteiger partial charge in [-0.2, -0.15) is 0 Å². The van der Waals surface area contributed by atoms with E-state index in [0.717, 1.165) is 47.5 Å². The third kappa shape index (κ3) is 2.87. The maximum atomic E-state index is 13.0. The van der Waals surface area contributed by atoms with E-state index in [4.69, 9.17) is 4.74 Å². The Hall–Kier alpha value is -3.14. The smallest absolute Gasteiger partial charge is 0.230 e. The number of benzene rings is 2. The van der Waals surface area contributed by atoms with Gasteiger partial charge in [0.25, 0.3) is 0 Å². The monoisotopic (exact) mass is 356 g/mol. The molecule has 3 heterocycles. The molecule has 0 aliphatic carbocycles. The molecule has 3 aromatic rings. The number of hydrogen-bond donors (Lipinski definition) is 0. The molecule has 4 nitrogen and oxygen atoms in total. The van der Waals surface area contributed by atoms with Crippen molar-refractivity contribution in [2.45, 2.75) is 19.4 Å². The standard InChI is InChI=1S/C23H20N2O2/c26-23-17(12-16-4-2-1-3-5-16)9-11-25(23)19-6-7-20-18(13-19)15-27-22-14-24-10-8-21(20)22/h1-8,10,13-14,17H,9,11-12,15H2. The number of fused-ring (bicyclic) bond motifs is 3. The topological polar surface area (TPSA) is 42.4 Å². The van der Waals surface area contributed by atoms with Crippen LogP contribution in [0.15, 0.2) is 67.0 Å². The highest BCUT2D eigenvalue weighted by Gasteiger charge is 2.33.